The molecule has 1 aliphatic carbocycles. The molecule has 2 aromatic heterocycles. The normalized spacial score (nSPS) is 19.2. The zero-order valence-corrected chi connectivity index (χ0v) is 21.4. The Morgan fingerprint density at radius 3 is 2.71 bits per heavy atom. The van der Waals surface area contributed by atoms with Gasteiger partial charge in [0.25, 0.3) is 5.91 Å². The van der Waals surface area contributed by atoms with Gasteiger partial charge in [0.2, 0.25) is 0 Å². The van der Waals surface area contributed by atoms with Crippen LogP contribution in [0.15, 0.2) is 18.5 Å². The Hall–Kier alpha value is -2.56. The molecule has 0 saturated heterocycles. The maximum absolute atomic E-state index is 15.4. The largest absolute Gasteiger partial charge is 0.490 e. The number of hydrogen-bond acceptors (Lipinski definition) is 7. The molecule has 4 rings (SSSR count). The number of benzene rings is 1. The van der Waals surface area contributed by atoms with Crippen LogP contribution in [-0.2, 0) is 0 Å². The molecular weight excluding hydrogens is 493 g/mol. The van der Waals surface area contributed by atoms with Gasteiger partial charge in [-0.1, -0.05) is 11.6 Å². The Bertz CT molecular complexity index is 1260. The first-order valence-corrected chi connectivity index (χ1v) is 12.4. The molecule has 1 aromatic carbocycles. The quantitative estimate of drug-likeness (QED) is 0.360. The van der Waals surface area contributed by atoms with Crippen LogP contribution < -0.4 is 15.8 Å². The van der Waals surface area contributed by atoms with Crippen LogP contribution in [0.4, 0.5) is 10.2 Å². The fourth-order valence-electron chi connectivity index (χ4n) is 4.48. The van der Waals surface area contributed by atoms with Crippen LogP contribution in [0.3, 0.4) is 0 Å². The van der Waals surface area contributed by atoms with Crippen molar-refractivity contribution in [3.63, 3.8) is 0 Å². The van der Waals surface area contributed by atoms with Crippen LogP contribution in [-0.4, -0.2) is 43.6 Å². The molecule has 188 valence electrons. The smallest absolute Gasteiger partial charge is 0.258 e. The van der Waals surface area contributed by atoms with E-state index in [-0.39, 0.29) is 34.6 Å². The number of rotatable bonds is 6. The first kappa shape index (κ1) is 25.5. The molecule has 0 radical (unpaired) electrons. The van der Waals surface area contributed by atoms with E-state index in [4.69, 9.17) is 34.7 Å². The summed E-state index contributed by atoms with van der Waals surface area (Å²) in [7, 11) is 0. The van der Waals surface area contributed by atoms with Gasteiger partial charge in [0, 0.05) is 24.0 Å². The zero-order chi connectivity index (χ0) is 25.4. The van der Waals surface area contributed by atoms with Crippen molar-refractivity contribution >= 4 is 41.5 Å². The topological polar surface area (TPSA) is 115 Å². The molecule has 3 aromatic rings. The monoisotopic (exact) mass is 521 g/mol. The van der Waals surface area contributed by atoms with Gasteiger partial charge in [0.05, 0.1) is 28.2 Å². The lowest BCUT2D eigenvalue weighted by Crippen LogP contribution is -2.39. The molecule has 1 amide bonds. The Morgan fingerprint density at radius 1 is 1.37 bits per heavy atom. The number of carbonyl (C=O) groups excluding carboxylic acids is 1. The van der Waals surface area contributed by atoms with E-state index in [1.54, 1.807) is 37.6 Å². The molecule has 8 nitrogen and oxygen atoms in total. The number of nitrogens with one attached hydrogen (secondary N) is 1. The molecular formula is C24H29ClFN5O3S. The maximum Gasteiger partial charge on any atom is 0.258 e. The number of aromatic nitrogens is 3. The van der Waals surface area contributed by atoms with Crippen molar-refractivity contribution in [2.24, 2.45) is 0 Å². The molecule has 1 unspecified atom stereocenters. The van der Waals surface area contributed by atoms with E-state index in [9.17, 15) is 9.90 Å². The average Bonchev–Trinajstić information content (AvgIpc) is 3.14. The third-order valence-electron chi connectivity index (χ3n) is 6.14. The van der Waals surface area contributed by atoms with Crippen molar-refractivity contribution in [2.45, 2.75) is 70.0 Å². The molecule has 1 aliphatic rings. The third kappa shape index (κ3) is 5.05. The summed E-state index contributed by atoms with van der Waals surface area (Å²) in [5.41, 5.74) is 7.47. The maximum atomic E-state index is 15.4. The van der Waals surface area contributed by atoms with E-state index < -0.39 is 17.0 Å². The second kappa shape index (κ2) is 10.2. The molecule has 0 bridgehead atoms. The predicted molar refractivity (Wildman–Crippen MR) is 136 cm³/mol. The Balaban J connectivity index is 1.81. The van der Waals surface area contributed by atoms with E-state index in [2.05, 4.69) is 15.3 Å². The lowest BCUT2D eigenvalue weighted by Gasteiger charge is -2.27. The van der Waals surface area contributed by atoms with E-state index in [0.717, 1.165) is 0 Å². The van der Waals surface area contributed by atoms with Gasteiger partial charge in [-0.2, -0.15) is 12.6 Å². The van der Waals surface area contributed by atoms with Crippen molar-refractivity contribution in [3.8, 4) is 5.75 Å². The number of aliphatic hydroxyl groups is 1. The predicted octanol–water partition coefficient (Wildman–Crippen LogP) is 4.25. The van der Waals surface area contributed by atoms with Crippen molar-refractivity contribution in [1.29, 1.82) is 0 Å². The summed E-state index contributed by atoms with van der Waals surface area (Å²) < 4.78 is 23.1. The van der Waals surface area contributed by atoms with Gasteiger partial charge in [0.15, 0.2) is 5.82 Å². The van der Waals surface area contributed by atoms with Gasteiger partial charge in [-0.25, -0.2) is 14.4 Å². The second-order valence-corrected chi connectivity index (χ2v) is 10.0. The minimum absolute atomic E-state index is 0.0617. The van der Waals surface area contributed by atoms with Gasteiger partial charge >= 0.3 is 0 Å². The van der Waals surface area contributed by atoms with Crippen molar-refractivity contribution in [1.82, 2.24) is 19.7 Å². The number of nitrogens with zero attached hydrogens (tertiary/aromatic N) is 3. The number of imidazole rings is 1. The van der Waals surface area contributed by atoms with Crippen molar-refractivity contribution in [2.75, 3.05) is 5.73 Å². The number of amides is 1. The van der Waals surface area contributed by atoms with Gasteiger partial charge < -0.3 is 20.9 Å². The lowest BCUT2D eigenvalue weighted by molar-refractivity contribution is 0.0858. The van der Waals surface area contributed by atoms with Gasteiger partial charge in [-0.05, 0) is 52.5 Å². The number of fused-ring (bicyclic) bond motifs is 1. The zero-order valence-electron chi connectivity index (χ0n) is 19.8. The molecule has 1 saturated carbocycles. The number of nitrogens with two attached hydrogens (primary N) is 1. The first-order chi connectivity index (χ1) is 16.6. The van der Waals surface area contributed by atoms with Crippen LogP contribution in [0.5, 0.6) is 5.75 Å². The van der Waals surface area contributed by atoms with Gasteiger partial charge in [0.1, 0.15) is 28.5 Å². The summed E-state index contributed by atoms with van der Waals surface area (Å²) in [5.74, 6) is -0.609. The van der Waals surface area contributed by atoms with Crippen LogP contribution in [0, 0.1) is 12.7 Å². The number of thiol groups is 1. The van der Waals surface area contributed by atoms with E-state index >= 15 is 4.39 Å². The van der Waals surface area contributed by atoms with Crippen LogP contribution in [0.1, 0.15) is 72.2 Å². The van der Waals surface area contributed by atoms with Crippen LogP contribution in [0.2, 0.25) is 5.02 Å². The van der Waals surface area contributed by atoms with E-state index in [0.29, 0.717) is 54.1 Å². The highest BCUT2D eigenvalue weighted by Crippen LogP contribution is 2.41. The molecule has 1 fully saturated rings. The number of anilines is 1. The first-order valence-electron chi connectivity index (χ1n) is 11.5. The average molecular weight is 522 g/mol. The number of halogens is 2. The standard InChI is InChI=1S/C24H29ClFN5O3S/c1-11(2)34-20-15(21(35)23-29-12(3)19-22(27)28-8-9-31(19)23)10-16(25)18(26)17(20)24(33)30-13-4-6-14(32)7-5-13/h8-11,13-14,21,32,35H,4-7H2,1-3H3,(H2,27,28)(H,30,33). The molecule has 1 atom stereocenters. The Morgan fingerprint density at radius 2 is 2.06 bits per heavy atom. The van der Waals surface area contributed by atoms with Crippen LogP contribution >= 0.6 is 24.2 Å². The number of carbonyl (C=O) groups is 1. The fraction of sp³-hybridized carbons (Fsp3) is 0.458. The second-order valence-electron chi connectivity index (χ2n) is 9.10. The van der Waals surface area contributed by atoms with Gasteiger partial charge in [-0.15, -0.1) is 0 Å². The minimum Gasteiger partial charge on any atom is -0.490 e. The number of aryl methyl sites for hydroxylation is 1. The molecule has 0 aliphatic heterocycles. The number of ether oxygens (including phenoxy) is 1. The summed E-state index contributed by atoms with van der Waals surface area (Å²) in [6, 6.07) is 1.24. The molecule has 35 heavy (non-hydrogen) atoms. The molecule has 11 heteroatoms. The van der Waals surface area contributed by atoms with Crippen LogP contribution in [0.25, 0.3) is 5.52 Å². The minimum atomic E-state index is -0.863. The van der Waals surface area contributed by atoms with E-state index in [1.807, 2.05) is 0 Å². The molecule has 2 heterocycles. The fourth-order valence-corrected chi connectivity index (χ4v) is 5.06. The highest BCUT2D eigenvalue weighted by Gasteiger charge is 2.32. The highest BCUT2D eigenvalue weighted by atomic mass is 35.5. The van der Waals surface area contributed by atoms with Crippen molar-refractivity contribution < 1.29 is 19.0 Å². The summed E-state index contributed by atoms with van der Waals surface area (Å²) >= 11 is 11.1. The number of nitrogen functional groups attached to an aromatic ring is 1. The molecule has 4 N–H and O–H groups in total. The number of aliphatic hydroxyl groups excluding tert-OH is 1. The summed E-state index contributed by atoms with van der Waals surface area (Å²) in [5, 5.41) is 11.7. The summed E-state index contributed by atoms with van der Waals surface area (Å²) in [6.45, 7) is 5.38. The highest BCUT2D eigenvalue weighted by molar-refractivity contribution is 7.80. The number of hydrogen-bond donors (Lipinski definition) is 4. The summed E-state index contributed by atoms with van der Waals surface area (Å²) in [6.07, 6.45) is 4.89. The Kier molecular flexibility index (Phi) is 7.44. The SMILES string of the molecule is Cc1nc(C(S)c2cc(Cl)c(F)c(C(=O)NC3CCC(O)CC3)c2OC(C)C)n2ccnc(N)c12. The van der Waals surface area contributed by atoms with Gasteiger partial charge in [-0.3, -0.25) is 9.20 Å². The van der Waals surface area contributed by atoms with E-state index in [1.165, 1.54) is 6.07 Å². The van der Waals surface area contributed by atoms with Crippen molar-refractivity contribution in [3.05, 3.63) is 51.9 Å². The lowest BCUT2D eigenvalue weighted by atomic mass is 9.92. The summed E-state index contributed by atoms with van der Waals surface area (Å²) in [4.78, 5) is 22.1. The third-order valence-corrected chi connectivity index (χ3v) is 6.92. The Labute approximate surface area is 213 Å². The molecule has 0 spiro atoms.